The van der Waals surface area contributed by atoms with Gasteiger partial charge in [0.2, 0.25) is 0 Å². The molecule has 1 aliphatic carbocycles. The van der Waals surface area contributed by atoms with E-state index in [9.17, 15) is 0 Å². The summed E-state index contributed by atoms with van der Waals surface area (Å²) in [4.78, 5) is 13.8. The molecule has 0 aliphatic heterocycles. The van der Waals surface area contributed by atoms with Crippen molar-refractivity contribution in [3.8, 4) is 17.5 Å². The first-order valence-corrected chi connectivity index (χ1v) is 9.07. The SMILES string of the molecule is N#Cc1cccc(Cn2cc(-c3ncc(C4CC4)cn3)c3cccnc32)c1. The summed E-state index contributed by atoms with van der Waals surface area (Å²) in [5.41, 5.74) is 4.83. The average Bonchev–Trinajstić information content (AvgIpc) is 3.51. The summed E-state index contributed by atoms with van der Waals surface area (Å²) in [6.07, 6.45) is 10.3. The van der Waals surface area contributed by atoms with Crippen LogP contribution in [0, 0.1) is 11.3 Å². The van der Waals surface area contributed by atoms with Crippen LogP contribution >= 0.6 is 0 Å². The second kappa shape index (κ2) is 6.33. The van der Waals surface area contributed by atoms with E-state index in [0.29, 0.717) is 18.0 Å². The number of aromatic nitrogens is 4. The molecule has 0 bridgehead atoms. The van der Waals surface area contributed by atoms with E-state index in [-0.39, 0.29) is 0 Å². The highest BCUT2D eigenvalue weighted by Crippen LogP contribution is 2.39. The van der Waals surface area contributed by atoms with Crippen molar-refractivity contribution in [2.75, 3.05) is 0 Å². The van der Waals surface area contributed by atoms with Crippen molar-refractivity contribution in [2.24, 2.45) is 0 Å². The van der Waals surface area contributed by atoms with Crippen LogP contribution in [0.1, 0.15) is 35.4 Å². The summed E-state index contributed by atoms with van der Waals surface area (Å²) >= 11 is 0. The maximum atomic E-state index is 9.13. The summed E-state index contributed by atoms with van der Waals surface area (Å²) in [7, 11) is 0. The van der Waals surface area contributed by atoms with E-state index in [1.165, 1.54) is 18.4 Å². The third kappa shape index (κ3) is 2.96. The zero-order chi connectivity index (χ0) is 18.2. The zero-order valence-electron chi connectivity index (χ0n) is 14.7. The molecule has 0 amide bonds. The number of nitrogens with zero attached hydrogens (tertiary/aromatic N) is 5. The second-order valence-corrected chi connectivity index (χ2v) is 6.97. The summed E-state index contributed by atoms with van der Waals surface area (Å²) < 4.78 is 2.10. The van der Waals surface area contributed by atoms with E-state index in [2.05, 4.69) is 37.9 Å². The molecule has 0 saturated heterocycles. The molecule has 0 spiro atoms. The van der Waals surface area contributed by atoms with Gasteiger partial charge in [-0.1, -0.05) is 12.1 Å². The highest BCUT2D eigenvalue weighted by molar-refractivity contribution is 5.92. The minimum atomic E-state index is 0.642. The fourth-order valence-corrected chi connectivity index (χ4v) is 3.46. The predicted octanol–water partition coefficient (Wildman–Crippen LogP) is 4.29. The maximum absolute atomic E-state index is 9.13. The number of hydrogen-bond donors (Lipinski definition) is 0. The van der Waals surface area contributed by atoms with Crippen molar-refractivity contribution in [1.29, 1.82) is 5.26 Å². The zero-order valence-corrected chi connectivity index (χ0v) is 14.7. The molecule has 5 rings (SSSR count). The molecule has 0 unspecified atom stereocenters. The molecular formula is C22H17N5. The van der Waals surface area contributed by atoms with E-state index in [0.717, 1.165) is 28.0 Å². The van der Waals surface area contributed by atoms with E-state index in [1.807, 2.05) is 42.7 Å². The molecule has 5 nitrogen and oxygen atoms in total. The molecule has 27 heavy (non-hydrogen) atoms. The number of benzene rings is 1. The van der Waals surface area contributed by atoms with Gasteiger partial charge in [-0.3, -0.25) is 0 Å². The first-order chi connectivity index (χ1) is 13.3. The third-order valence-electron chi connectivity index (χ3n) is 5.00. The molecule has 0 N–H and O–H groups in total. The smallest absolute Gasteiger partial charge is 0.161 e. The van der Waals surface area contributed by atoms with Crippen LogP contribution in [0.2, 0.25) is 0 Å². The van der Waals surface area contributed by atoms with Gasteiger partial charge in [0.15, 0.2) is 5.82 Å². The Kier molecular flexibility index (Phi) is 3.68. The molecule has 5 heteroatoms. The lowest BCUT2D eigenvalue weighted by atomic mass is 10.1. The van der Waals surface area contributed by atoms with Crippen LogP contribution in [0.25, 0.3) is 22.4 Å². The Bertz CT molecular complexity index is 1160. The molecule has 0 atom stereocenters. The van der Waals surface area contributed by atoms with Gasteiger partial charge in [0, 0.05) is 42.3 Å². The first kappa shape index (κ1) is 15.7. The van der Waals surface area contributed by atoms with Gasteiger partial charge in [-0.2, -0.15) is 5.26 Å². The Balaban J connectivity index is 1.56. The average molecular weight is 351 g/mol. The first-order valence-electron chi connectivity index (χ1n) is 9.07. The molecule has 4 aromatic rings. The fourth-order valence-electron chi connectivity index (χ4n) is 3.46. The number of fused-ring (bicyclic) bond motifs is 1. The molecule has 130 valence electrons. The normalized spacial score (nSPS) is 13.6. The van der Waals surface area contributed by atoms with Gasteiger partial charge in [-0.25, -0.2) is 15.0 Å². The maximum Gasteiger partial charge on any atom is 0.161 e. The minimum Gasteiger partial charge on any atom is -0.327 e. The lowest BCUT2D eigenvalue weighted by Gasteiger charge is -2.05. The van der Waals surface area contributed by atoms with Gasteiger partial charge in [0.25, 0.3) is 0 Å². The molecule has 0 radical (unpaired) electrons. The van der Waals surface area contributed by atoms with Crippen LogP contribution in [-0.2, 0) is 6.54 Å². The standard InChI is InChI=1S/C22H17N5/c23-10-15-3-1-4-16(9-15)13-27-14-20(19-5-2-8-24-22(19)27)21-25-11-18(12-26-21)17-6-7-17/h1-5,8-9,11-12,14,17H,6-7,13H2. The lowest BCUT2D eigenvalue weighted by Crippen LogP contribution is -1.99. The predicted molar refractivity (Wildman–Crippen MR) is 103 cm³/mol. The lowest BCUT2D eigenvalue weighted by molar-refractivity contribution is 0.825. The Labute approximate surface area is 157 Å². The van der Waals surface area contributed by atoms with E-state index >= 15 is 0 Å². The topological polar surface area (TPSA) is 67.4 Å². The van der Waals surface area contributed by atoms with Crippen LogP contribution in [-0.4, -0.2) is 19.5 Å². The van der Waals surface area contributed by atoms with E-state index in [4.69, 9.17) is 5.26 Å². The van der Waals surface area contributed by atoms with E-state index < -0.39 is 0 Å². The Morgan fingerprint density at radius 3 is 2.70 bits per heavy atom. The quantitative estimate of drug-likeness (QED) is 0.550. The van der Waals surface area contributed by atoms with Crippen molar-refractivity contribution in [3.63, 3.8) is 0 Å². The molecule has 3 heterocycles. The number of nitriles is 1. The largest absolute Gasteiger partial charge is 0.327 e. The molecule has 3 aromatic heterocycles. The van der Waals surface area contributed by atoms with Gasteiger partial charge in [0.1, 0.15) is 5.65 Å². The van der Waals surface area contributed by atoms with E-state index in [1.54, 1.807) is 6.20 Å². The molecule has 1 fully saturated rings. The van der Waals surface area contributed by atoms with Gasteiger partial charge in [-0.05, 0) is 54.2 Å². The highest BCUT2D eigenvalue weighted by atomic mass is 15.0. The molecular weight excluding hydrogens is 334 g/mol. The van der Waals surface area contributed by atoms with Gasteiger partial charge >= 0.3 is 0 Å². The summed E-state index contributed by atoms with van der Waals surface area (Å²) in [5, 5.41) is 10.2. The second-order valence-electron chi connectivity index (χ2n) is 6.97. The minimum absolute atomic E-state index is 0.642. The Morgan fingerprint density at radius 2 is 1.93 bits per heavy atom. The van der Waals surface area contributed by atoms with Crippen LogP contribution in [0.15, 0.2) is 61.2 Å². The van der Waals surface area contributed by atoms with Crippen LogP contribution in [0.5, 0.6) is 0 Å². The number of rotatable bonds is 4. The monoisotopic (exact) mass is 351 g/mol. The Hall–Kier alpha value is -3.52. The van der Waals surface area contributed by atoms with Crippen molar-refractivity contribution in [3.05, 3.63) is 77.9 Å². The Morgan fingerprint density at radius 1 is 1.07 bits per heavy atom. The van der Waals surface area contributed by atoms with Crippen molar-refractivity contribution >= 4 is 11.0 Å². The number of pyridine rings is 1. The summed E-state index contributed by atoms with van der Waals surface area (Å²) in [6, 6.07) is 13.8. The van der Waals surface area contributed by atoms with Gasteiger partial charge < -0.3 is 4.57 Å². The summed E-state index contributed by atoms with van der Waals surface area (Å²) in [6.45, 7) is 0.642. The van der Waals surface area contributed by atoms with Gasteiger partial charge in [-0.15, -0.1) is 0 Å². The number of hydrogen-bond acceptors (Lipinski definition) is 4. The molecule has 1 saturated carbocycles. The van der Waals surface area contributed by atoms with Crippen molar-refractivity contribution in [2.45, 2.75) is 25.3 Å². The molecule has 1 aromatic carbocycles. The van der Waals surface area contributed by atoms with Crippen LogP contribution in [0.4, 0.5) is 0 Å². The van der Waals surface area contributed by atoms with Crippen LogP contribution in [0.3, 0.4) is 0 Å². The third-order valence-corrected chi connectivity index (χ3v) is 5.00. The highest BCUT2D eigenvalue weighted by Gasteiger charge is 2.24. The van der Waals surface area contributed by atoms with Crippen LogP contribution < -0.4 is 0 Å². The molecule has 1 aliphatic rings. The van der Waals surface area contributed by atoms with Gasteiger partial charge in [0.05, 0.1) is 11.6 Å². The van der Waals surface area contributed by atoms with Crippen molar-refractivity contribution < 1.29 is 0 Å². The summed E-state index contributed by atoms with van der Waals surface area (Å²) in [5.74, 6) is 1.37. The fraction of sp³-hybridized carbons (Fsp3) is 0.182. The van der Waals surface area contributed by atoms with Crippen molar-refractivity contribution in [1.82, 2.24) is 19.5 Å².